The third kappa shape index (κ3) is 3.92. The highest BCUT2D eigenvalue weighted by atomic mass is 32.2. The van der Waals surface area contributed by atoms with E-state index in [0.29, 0.717) is 16.2 Å². The van der Waals surface area contributed by atoms with Crippen LogP contribution in [-0.2, 0) is 10.0 Å². The molecule has 1 aliphatic rings. The minimum absolute atomic E-state index is 0.176. The zero-order chi connectivity index (χ0) is 21.5. The van der Waals surface area contributed by atoms with Crippen LogP contribution in [0, 0.1) is 19.7 Å². The maximum absolute atomic E-state index is 13.1. The fourth-order valence-electron chi connectivity index (χ4n) is 3.51. The number of furan rings is 1. The first-order valence-electron chi connectivity index (χ1n) is 9.48. The quantitative estimate of drug-likeness (QED) is 0.607. The summed E-state index contributed by atoms with van der Waals surface area (Å²) in [6.45, 7) is 4.72. The fraction of sp³-hybridized carbons (Fsp3) is 0.286. The van der Waals surface area contributed by atoms with Crippen LogP contribution in [0.1, 0.15) is 20.3 Å². The van der Waals surface area contributed by atoms with Gasteiger partial charge in [0.25, 0.3) is 5.91 Å². The molecular weight excluding hydrogens is 427 g/mol. The Hall–Kier alpha value is -2.49. The molecule has 0 saturated carbocycles. The number of carbonyl (C=O) groups is 1. The van der Waals surface area contributed by atoms with E-state index in [4.69, 9.17) is 4.42 Å². The van der Waals surface area contributed by atoms with E-state index in [2.05, 4.69) is 0 Å². The highest BCUT2D eigenvalue weighted by molar-refractivity contribution is 7.89. The highest BCUT2D eigenvalue weighted by Crippen LogP contribution is 2.29. The van der Waals surface area contributed by atoms with Crippen molar-refractivity contribution in [2.45, 2.75) is 18.7 Å². The van der Waals surface area contributed by atoms with Gasteiger partial charge in [0.2, 0.25) is 10.0 Å². The lowest BCUT2D eigenvalue weighted by Crippen LogP contribution is -2.50. The number of halogens is 1. The van der Waals surface area contributed by atoms with Crippen LogP contribution in [0.2, 0.25) is 0 Å². The molecule has 2 aromatic heterocycles. The topological polar surface area (TPSA) is 70.8 Å². The smallest absolute Gasteiger partial charge is 0.289 e. The third-order valence-corrected chi connectivity index (χ3v) is 8.20. The molecule has 3 aromatic rings. The minimum Gasteiger partial charge on any atom is -0.451 e. The van der Waals surface area contributed by atoms with Gasteiger partial charge in [-0.05, 0) is 56.3 Å². The lowest BCUT2D eigenvalue weighted by molar-refractivity contribution is 0.0667. The molecule has 6 nitrogen and oxygen atoms in total. The Bertz CT molecular complexity index is 1170. The zero-order valence-corrected chi connectivity index (χ0v) is 18.2. The molecule has 1 aromatic carbocycles. The van der Waals surface area contributed by atoms with Gasteiger partial charge in [-0.25, -0.2) is 12.8 Å². The third-order valence-electron chi connectivity index (χ3n) is 5.08. The van der Waals surface area contributed by atoms with Gasteiger partial charge in [0, 0.05) is 41.5 Å². The Morgan fingerprint density at radius 1 is 1.03 bits per heavy atom. The summed E-state index contributed by atoms with van der Waals surface area (Å²) in [6.07, 6.45) is 0. The van der Waals surface area contributed by atoms with E-state index in [-0.39, 0.29) is 43.7 Å². The van der Waals surface area contributed by atoms with Gasteiger partial charge in [-0.15, -0.1) is 11.3 Å². The van der Waals surface area contributed by atoms with Crippen LogP contribution in [0.15, 0.2) is 51.8 Å². The molecule has 1 fully saturated rings. The van der Waals surface area contributed by atoms with E-state index in [9.17, 15) is 17.6 Å². The largest absolute Gasteiger partial charge is 0.451 e. The summed E-state index contributed by atoms with van der Waals surface area (Å²) in [7, 11) is -3.57. The number of amides is 1. The molecule has 9 heteroatoms. The highest BCUT2D eigenvalue weighted by Gasteiger charge is 2.32. The number of nitrogens with zero attached hydrogens (tertiary/aromatic N) is 2. The number of piperazine rings is 1. The average Bonchev–Trinajstić information content (AvgIpc) is 3.35. The molecule has 0 spiro atoms. The predicted octanol–water partition coefficient (Wildman–Crippen LogP) is 3.91. The van der Waals surface area contributed by atoms with Crippen molar-refractivity contribution in [1.29, 1.82) is 0 Å². The molecule has 1 amide bonds. The van der Waals surface area contributed by atoms with Gasteiger partial charge in [-0.3, -0.25) is 4.79 Å². The van der Waals surface area contributed by atoms with Gasteiger partial charge in [-0.2, -0.15) is 4.31 Å². The Morgan fingerprint density at radius 2 is 1.70 bits per heavy atom. The molecule has 0 bridgehead atoms. The summed E-state index contributed by atoms with van der Waals surface area (Å²) in [6, 6.07) is 10.8. The Kier molecular flexibility index (Phi) is 5.52. The van der Waals surface area contributed by atoms with Crippen molar-refractivity contribution in [3.8, 4) is 11.3 Å². The number of hydrogen-bond acceptors (Lipinski definition) is 5. The van der Waals surface area contributed by atoms with Crippen molar-refractivity contribution in [3.05, 3.63) is 63.8 Å². The molecule has 0 radical (unpaired) electrons. The van der Waals surface area contributed by atoms with Crippen LogP contribution in [0.3, 0.4) is 0 Å². The summed E-state index contributed by atoms with van der Waals surface area (Å²) < 4.78 is 46.1. The molecule has 3 heterocycles. The molecule has 158 valence electrons. The molecule has 0 atom stereocenters. The van der Waals surface area contributed by atoms with Crippen LogP contribution in [-0.4, -0.2) is 49.7 Å². The molecule has 0 unspecified atom stereocenters. The van der Waals surface area contributed by atoms with Crippen LogP contribution < -0.4 is 0 Å². The number of benzene rings is 1. The van der Waals surface area contributed by atoms with Crippen LogP contribution in [0.5, 0.6) is 0 Å². The van der Waals surface area contributed by atoms with Crippen molar-refractivity contribution in [2.75, 3.05) is 26.2 Å². The van der Waals surface area contributed by atoms with Gasteiger partial charge in [0.05, 0.1) is 4.90 Å². The maximum Gasteiger partial charge on any atom is 0.289 e. The monoisotopic (exact) mass is 448 g/mol. The van der Waals surface area contributed by atoms with Gasteiger partial charge in [0.15, 0.2) is 5.76 Å². The molecule has 4 rings (SSSR count). The fourth-order valence-corrected chi connectivity index (χ4v) is 6.46. The number of aryl methyl sites for hydroxylation is 2. The molecule has 0 aliphatic carbocycles. The number of hydrogen-bond donors (Lipinski definition) is 0. The lowest BCUT2D eigenvalue weighted by atomic mass is 10.2. The Balaban J connectivity index is 1.44. The predicted molar refractivity (Wildman–Crippen MR) is 113 cm³/mol. The second kappa shape index (κ2) is 7.98. The van der Waals surface area contributed by atoms with Gasteiger partial charge >= 0.3 is 0 Å². The van der Waals surface area contributed by atoms with Crippen molar-refractivity contribution in [2.24, 2.45) is 0 Å². The van der Waals surface area contributed by atoms with Crippen molar-refractivity contribution >= 4 is 27.3 Å². The Morgan fingerprint density at radius 3 is 2.30 bits per heavy atom. The van der Waals surface area contributed by atoms with E-state index in [1.165, 1.54) is 27.8 Å². The summed E-state index contributed by atoms with van der Waals surface area (Å²) in [5.74, 6) is 0.0167. The second-order valence-electron chi connectivity index (χ2n) is 7.14. The Labute approximate surface area is 178 Å². The second-order valence-corrected chi connectivity index (χ2v) is 10.5. The van der Waals surface area contributed by atoms with Crippen LogP contribution in [0.25, 0.3) is 11.3 Å². The van der Waals surface area contributed by atoms with Gasteiger partial charge in [-0.1, -0.05) is 0 Å². The lowest BCUT2D eigenvalue weighted by Gasteiger charge is -2.33. The van der Waals surface area contributed by atoms with E-state index in [0.717, 1.165) is 9.75 Å². The van der Waals surface area contributed by atoms with Crippen LogP contribution >= 0.6 is 11.3 Å². The molecule has 1 aliphatic heterocycles. The number of rotatable bonds is 4. The number of sulfonamides is 1. The van der Waals surface area contributed by atoms with Crippen molar-refractivity contribution < 1.29 is 22.0 Å². The molecular formula is C21H21FN2O4S2. The van der Waals surface area contributed by atoms with E-state index >= 15 is 0 Å². The van der Waals surface area contributed by atoms with Crippen molar-refractivity contribution in [1.82, 2.24) is 9.21 Å². The molecule has 0 N–H and O–H groups in total. The first kappa shape index (κ1) is 20.8. The average molecular weight is 449 g/mol. The summed E-state index contributed by atoms with van der Waals surface area (Å²) >= 11 is 1.46. The first-order chi connectivity index (χ1) is 14.3. The summed E-state index contributed by atoms with van der Waals surface area (Å²) in [5.41, 5.74) is 0.674. The van der Waals surface area contributed by atoms with E-state index < -0.39 is 10.0 Å². The maximum atomic E-state index is 13.1. The SMILES string of the molecule is Cc1cc(S(=O)(=O)N2CCN(C(=O)c3ccc(-c4ccc(F)cc4)o3)CC2)c(C)s1. The number of thiophene rings is 1. The van der Waals surface area contributed by atoms with Crippen LogP contribution in [0.4, 0.5) is 4.39 Å². The summed E-state index contributed by atoms with van der Waals surface area (Å²) in [4.78, 5) is 16.4. The van der Waals surface area contributed by atoms with Gasteiger partial charge < -0.3 is 9.32 Å². The first-order valence-corrected chi connectivity index (χ1v) is 11.7. The normalized spacial score (nSPS) is 15.5. The molecule has 30 heavy (non-hydrogen) atoms. The van der Waals surface area contributed by atoms with E-state index in [1.807, 2.05) is 6.92 Å². The standard InChI is InChI=1S/C21H21FN2O4S2/c1-14-13-20(15(2)29-14)30(26,27)24-11-9-23(10-12-24)21(25)19-8-7-18(28-19)16-3-5-17(22)6-4-16/h3-8,13H,9-12H2,1-2H3. The number of carbonyl (C=O) groups excluding carboxylic acids is 1. The molecule has 1 saturated heterocycles. The zero-order valence-electron chi connectivity index (χ0n) is 16.6. The van der Waals surface area contributed by atoms with Gasteiger partial charge in [0.1, 0.15) is 11.6 Å². The van der Waals surface area contributed by atoms with Crippen molar-refractivity contribution in [3.63, 3.8) is 0 Å². The minimum atomic E-state index is -3.57. The summed E-state index contributed by atoms with van der Waals surface area (Å²) in [5, 5.41) is 0. The van der Waals surface area contributed by atoms with E-state index in [1.54, 1.807) is 42.2 Å².